The lowest BCUT2D eigenvalue weighted by atomic mass is 9.85. The molecular weight excluding hydrogens is 384 g/mol. The van der Waals surface area contributed by atoms with Crippen LogP contribution in [0.15, 0.2) is 75.6 Å². The number of rotatable bonds is 3. The average molecular weight is 402 g/mol. The third-order valence-corrected chi connectivity index (χ3v) is 4.98. The van der Waals surface area contributed by atoms with Crippen LogP contribution in [0.4, 0.5) is 0 Å². The molecule has 2 N–H and O–H groups in total. The summed E-state index contributed by atoms with van der Waals surface area (Å²) in [5.41, 5.74) is 5.76. The van der Waals surface area contributed by atoms with Crippen LogP contribution in [-0.2, 0) is 14.1 Å². The summed E-state index contributed by atoms with van der Waals surface area (Å²) < 4.78 is 13.6. The van der Waals surface area contributed by atoms with Gasteiger partial charge in [0.15, 0.2) is 0 Å². The molecule has 1 aliphatic rings. The predicted molar refractivity (Wildman–Crippen MR) is 109 cm³/mol. The van der Waals surface area contributed by atoms with Gasteiger partial charge in [-0.15, -0.1) is 0 Å². The summed E-state index contributed by atoms with van der Waals surface area (Å²) in [6.07, 6.45) is 0. The molecule has 0 aliphatic carbocycles. The topological polar surface area (TPSA) is 112 Å². The summed E-state index contributed by atoms with van der Waals surface area (Å²) in [7, 11) is 2.86. The number of nitrogens with zero attached hydrogens (tertiary/aromatic N) is 3. The van der Waals surface area contributed by atoms with E-state index < -0.39 is 17.2 Å². The molecular formula is C22H18N4O4. The second-order valence-electron chi connectivity index (χ2n) is 6.84. The molecule has 3 aromatic rings. The molecule has 0 saturated carbocycles. The molecule has 0 fully saturated rings. The van der Waals surface area contributed by atoms with Gasteiger partial charge in [-0.25, -0.2) is 4.79 Å². The van der Waals surface area contributed by atoms with E-state index in [1.54, 1.807) is 24.3 Å². The highest BCUT2D eigenvalue weighted by Crippen LogP contribution is 2.40. The fraction of sp³-hybridized carbons (Fsp3) is 0.136. The van der Waals surface area contributed by atoms with Crippen molar-refractivity contribution in [1.82, 2.24) is 9.13 Å². The van der Waals surface area contributed by atoms with Crippen LogP contribution in [0.3, 0.4) is 0 Å². The largest absolute Gasteiger partial charge is 0.457 e. The fourth-order valence-corrected chi connectivity index (χ4v) is 3.50. The van der Waals surface area contributed by atoms with Crippen LogP contribution in [0.1, 0.15) is 17.0 Å². The molecule has 0 saturated heterocycles. The number of aromatic nitrogens is 2. The number of para-hydroxylation sites is 1. The van der Waals surface area contributed by atoms with Crippen LogP contribution >= 0.6 is 0 Å². The first-order valence-electron chi connectivity index (χ1n) is 9.12. The summed E-state index contributed by atoms with van der Waals surface area (Å²) in [6.45, 7) is 0. The lowest BCUT2D eigenvalue weighted by molar-refractivity contribution is 0.348. The molecule has 0 radical (unpaired) electrons. The van der Waals surface area contributed by atoms with E-state index in [9.17, 15) is 14.9 Å². The van der Waals surface area contributed by atoms with Gasteiger partial charge >= 0.3 is 5.69 Å². The number of hydrogen-bond acceptors (Lipinski definition) is 6. The van der Waals surface area contributed by atoms with Crippen molar-refractivity contribution >= 4 is 0 Å². The maximum Gasteiger partial charge on any atom is 0.333 e. The summed E-state index contributed by atoms with van der Waals surface area (Å²) in [5.74, 6) is 0.260. The molecule has 1 aromatic heterocycles. The molecule has 2 heterocycles. The van der Waals surface area contributed by atoms with Crippen LogP contribution in [0, 0.1) is 11.3 Å². The number of nitrogens with two attached hydrogens (primary N) is 1. The zero-order valence-electron chi connectivity index (χ0n) is 16.3. The van der Waals surface area contributed by atoms with E-state index in [-0.39, 0.29) is 22.9 Å². The van der Waals surface area contributed by atoms with Crippen molar-refractivity contribution in [3.05, 3.63) is 98.0 Å². The van der Waals surface area contributed by atoms with Gasteiger partial charge in [-0.05, 0) is 29.8 Å². The van der Waals surface area contributed by atoms with Crippen LogP contribution in [-0.4, -0.2) is 9.13 Å². The van der Waals surface area contributed by atoms with Crippen molar-refractivity contribution in [3.63, 3.8) is 0 Å². The van der Waals surface area contributed by atoms with Crippen molar-refractivity contribution < 1.29 is 9.47 Å². The van der Waals surface area contributed by atoms with Crippen LogP contribution in [0.25, 0.3) is 0 Å². The predicted octanol–water partition coefficient (Wildman–Crippen LogP) is 2.09. The third kappa shape index (κ3) is 3.02. The van der Waals surface area contributed by atoms with Gasteiger partial charge in [0.25, 0.3) is 5.56 Å². The van der Waals surface area contributed by atoms with E-state index in [0.29, 0.717) is 17.1 Å². The smallest absolute Gasteiger partial charge is 0.333 e. The third-order valence-electron chi connectivity index (χ3n) is 4.98. The Hall–Kier alpha value is -4.25. The van der Waals surface area contributed by atoms with Gasteiger partial charge < -0.3 is 15.2 Å². The normalized spacial score (nSPS) is 15.2. The lowest BCUT2D eigenvalue weighted by Crippen LogP contribution is -2.42. The number of nitriles is 1. The molecule has 0 unspecified atom stereocenters. The van der Waals surface area contributed by atoms with Gasteiger partial charge in [0.2, 0.25) is 11.8 Å². The lowest BCUT2D eigenvalue weighted by Gasteiger charge is -2.27. The highest BCUT2D eigenvalue weighted by molar-refractivity contribution is 5.54. The Labute approximate surface area is 171 Å². The Bertz CT molecular complexity index is 1330. The Kier molecular flexibility index (Phi) is 4.64. The SMILES string of the molecule is Cn1c2c(c(=O)n(C)c1=O)[C@H](c1cccc(Oc3ccccc3)c1)C(C#N)=C(N)O2. The van der Waals surface area contributed by atoms with Crippen LogP contribution in [0.2, 0.25) is 0 Å². The number of allylic oxidation sites excluding steroid dienone is 1. The van der Waals surface area contributed by atoms with Gasteiger partial charge in [0.1, 0.15) is 23.1 Å². The average Bonchev–Trinajstić information content (AvgIpc) is 2.76. The minimum absolute atomic E-state index is 0.0268. The first kappa shape index (κ1) is 19.1. The molecule has 8 heteroatoms. The maximum atomic E-state index is 13.0. The number of ether oxygens (including phenoxy) is 2. The molecule has 0 bridgehead atoms. The monoisotopic (exact) mass is 402 g/mol. The van der Waals surface area contributed by atoms with Crippen LogP contribution < -0.4 is 26.5 Å². The molecule has 0 amide bonds. The first-order valence-corrected chi connectivity index (χ1v) is 9.12. The molecule has 30 heavy (non-hydrogen) atoms. The quantitative estimate of drug-likeness (QED) is 0.718. The van der Waals surface area contributed by atoms with E-state index in [1.807, 2.05) is 36.4 Å². The summed E-state index contributed by atoms with van der Waals surface area (Å²) in [6, 6.07) is 18.3. The molecule has 2 aromatic carbocycles. The Morgan fingerprint density at radius 3 is 2.43 bits per heavy atom. The van der Waals surface area contributed by atoms with Crippen molar-refractivity contribution in [1.29, 1.82) is 5.26 Å². The van der Waals surface area contributed by atoms with E-state index in [0.717, 1.165) is 4.57 Å². The van der Waals surface area contributed by atoms with Gasteiger partial charge in [0.05, 0.1) is 11.5 Å². The second kappa shape index (κ2) is 7.29. The highest BCUT2D eigenvalue weighted by Gasteiger charge is 2.36. The number of hydrogen-bond donors (Lipinski definition) is 1. The second-order valence-corrected chi connectivity index (χ2v) is 6.84. The molecule has 8 nitrogen and oxygen atoms in total. The minimum Gasteiger partial charge on any atom is -0.457 e. The Morgan fingerprint density at radius 1 is 1.03 bits per heavy atom. The molecule has 1 atom stereocenters. The maximum absolute atomic E-state index is 13.0. The standard InChI is InChI=1S/C22H18N4O4/c1-25-20(27)18-17(16(12-23)19(24)30-21(18)26(2)22(25)28)13-7-6-10-15(11-13)29-14-8-4-3-5-9-14/h3-11,17H,24H2,1-2H3/t17-/m1/s1. The molecule has 150 valence electrons. The fourth-order valence-electron chi connectivity index (χ4n) is 3.50. The zero-order valence-corrected chi connectivity index (χ0v) is 16.3. The summed E-state index contributed by atoms with van der Waals surface area (Å²) >= 11 is 0. The first-order chi connectivity index (χ1) is 14.4. The van der Waals surface area contributed by atoms with Crippen molar-refractivity contribution in [3.8, 4) is 23.4 Å². The molecule has 4 rings (SSSR count). The minimum atomic E-state index is -0.802. The van der Waals surface area contributed by atoms with E-state index in [4.69, 9.17) is 15.2 Å². The Balaban J connectivity index is 1.91. The zero-order chi connectivity index (χ0) is 21.4. The van der Waals surface area contributed by atoms with Gasteiger partial charge in [-0.1, -0.05) is 30.3 Å². The Morgan fingerprint density at radius 2 is 1.73 bits per heavy atom. The van der Waals surface area contributed by atoms with Gasteiger partial charge in [0, 0.05) is 14.1 Å². The number of benzene rings is 2. The van der Waals surface area contributed by atoms with Crippen molar-refractivity contribution in [2.24, 2.45) is 19.8 Å². The number of fused-ring (bicyclic) bond motifs is 1. The van der Waals surface area contributed by atoms with E-state index >= 15 is 0 Å². The molecule has 0 spiro atoms. The summed E-state index contributed by atoms with van der Waals surface area (Å²) in [5, 5.41) is 9.73. The van der Waals surface area contributed by atoms with Crippen LogP contribution in [0.5, 0.6) is 17.4 Å². The van der Waals surface area contributed by atoms with Crippen molar-refractivity contribution in [2.75, 3.05) is 0 Å². The van der Waals surface area contributed by atoms with E-state index in [2.05, 4.69) is 0 Å². The summed E-state index contributed by atoms with van der Waals surface area (Å²) in [4.78, 5) is 25.3. The van der Waals surface area contributed by atoms with E-state index in [1.165, 1.54) is 18.7 Å². The highest BCUT2D eigenvalue weighted by atomic mass is 16.5. The van der Waals surface area contributed by atoms with Gasteiger partial charge in [-0.3, -0.25) is 13.9 Å². The van der Waals surface area contributed by atoms with Crippen molar-refractivity contribution in [2.45, 2.75) is 5.92 Å². The molecule has 1 aliphatic heterocycles. The van der Waals surface area contributed by atoms with Gasteiger partial charge in [-0.2, -0.15) is 5.26 Å².